The highest BCUT2D eigenvalue weighted by atomic mass is 32.1. The first-order chi connectivity index (χ1) is 12.5. The third kappa shape index (κ3) is 3.61. The van der Waals surface area contributed by atoms with Gasteiger partial charge >= 0.3 is 6.18 Å². The molecule has 0 bridgehead atoms. The third-order valence-corrected chi connectivity index (χ3v) is 4.96. The molecule has 0 amide bonds. The van der Waals surface area contributed by atoms with Crippen LogP contribution in [0.5, 0.6) is 0 Å². The highest BCUT2D eigenvalue weighted by Gasteiger charge is 2.35. The van der Waals surface area contributed by atoms with E-state index in [-0.39, 0.29) is 0 Å². The summed E-state index contributed by atoms with van der Waals surface area (Å²) in [5.41, 5.74) is 4.19. The molecule has 1 aliphatic rings. The molecule has 26 heavy (non-hydrogen) atoms. The van der Waals surface area contributed by atoms with Gasteiger partial charge in [-0.2, -0.15) is 24.5 Å². The van der Waals surface area contributed by atoms with Crippen LogP contribution >= 0.6 is 11.3 Å². The Bertz CT molecular complexity index is 909. The van der Waals surface area contributed by atoms with Crippen molar-refractivity contribution in [2.45, 2.75) is 25.7 Å². The molecule has 3 aromatic heterocycles. The molecular weight excluding hydrogens is 361 g/mol. The molecule has 0 unspecified atom stereocenters. The second-order valence-electron chi connectivity index (χ2n) is 6.15. The van der Waals surface area contributed by atoms with Crippen LogP contribution in [0.25, 0.3) is 11.3 Å². The molecule has 8 heteroatoms. The quantitative estimate of drug-likeness (QED) is 0.688. The van der Waals surface area contributed by atoms with Gasteiger partial charge in [-0.1, -0.05) is 6.07 Å². The van der Waals surface area contributed by atoms with E-state index in [1.807, 2.05) is 29.6 Å². The molecule has 4 rings (SSSR count). The molecule has 0 N–H and O–H groups in total. The van der Waals surface area contributed by atoms with Crippen LogP contribution in [-0.4, -0.2) is 26.4 Å². The fourth-order valence-corrected chi connectivity index (χ4v) is 3.66. The Morgan fingerprint density at radius 3 is 2.81 bits per heavy atom. The molecule has 0 radical (unpaired) electrons. The van der Waals surface area contributed by atoms with E-state index in [4.69, 9.17) is 4.98 Å². The number of hydrogen-bond acceptors (Lipinski definition) is 5. The fraction of sp³-hybridized carbons (Fsp3) is 0.278. The Morgan fingerprint density at radius 2 is 2.04 bits per heavy atom. The maximum Gasteiger partial charge on any atom is 0.451 e. The predicted octanol–water partition coefficient (Wildman–Crippen LogP) is 4.18. The Balaban J connectivity index is 1.49. The van der Waals surface area contributed by atoms with Gasteiger partial charge in [0, 0.05) is 48.8 Å². The first-order valence-electron chi connectivity index (χ1n) is 8.12. The summed E-state index contributed by atoms with van der Waals surface area (Å²) in [6.07, 6.45) is -2.73. The first-order valence-corrected chi connectivity index (χ1v) is 9.06. The van der Waals surface area contributed by atoms with Crippen molar-refractivity contribution >= 4 is 11.3 Å². The van der Waals surface area contributed by atoms with Gasteiger partial charge in [0.05, 0.1) is 17.1 Å². The Morgan fingerprint density at radius 1 is 1.15 bits per heavy atom. The second kappa shape index (κ2) is 6.77. The summed E-state index contributed by atoms with van der Waals surface area (Å²) in [7, 11) is 0. The lowest BCUT2D eigenvalue weighted by molar-refractivity contribution is -0.145. The van der Waals surface area contributed by atoms with E-state index < -0.39 is 12.0 Å². The van der Waals surface area contributed by atoms with Crippen molar-refractivity contribution in [1.82, 2.24) is 19.9 Å². The van der Waals surface area contributed by atoms with Crippen LogP contribution < -0.4 is 0 Å². The van der Waals surface area contributed by atoms with E-state index in [0.29, 0.717) is 31.7 Å². The molecular formula is C18H15F3N4S. The Hall–Kier alpha value is -2.32. The minimum Gasteiger partial charge on any atom is -0.293 e. The lowest BCUT2D eigenvalue weighted by Gasteiger charge is -2.27. The average Bonchev–Trinajstić information content (AvgIpc) is 3.15. The minimum atomic E-state index is -4.50. The molecule has 134 valence electrons. The summed E-state index contributed by atoms with van der Waals surface area (Å²) in [6.45, 7) is 1.81. The maximum atomic E-state index is 12.7. The van der Waals surface area contributed by atoms with Gasteiger partial charge < -0.3 is 0 Å². The first kappa shape index (κ1) is 17.1. The van der Waals surface area contributed by atoms with Gasteiger partial charge in [-0.25, -0.2) is 9.97 Å². The molecule has 4 nitrogen and oxygen atoms in total. The molecule has 0 aromatic carbocycles. The van der Waals surface area contributed by atoms with E-state index in [9.17, 15) is 13.2 Å². The van der Waals surface area contributed by atoms with Crippen molar-refractivity contribution in [3.05, 3.63) is 64.0 Å². The van der Waals surface area contributed by atoms with E-state index in [1.54, 1.807) is 11.3 Å². The van der Waals surface area contributed by atoms with Gasteiger partial charge in [-0.15, -0.1) is 0 Å². The zero-order valence-corrected chi connectivity index (χ0v) is 14.5. The predicted molar refractivity (Wildman–Crippen MR) is 92.4 cm³/mol. The fourth-order valence-electron chi connectivity index (χ4n) is 3.01. The number of hydrogen-bond donors (Lipinski definition) is 0. The summed E-state index contributed by atoms with van der Waals surface area (Å²) in [4.78, 5) is 14.0. The monoisotopic (exact) mass is 376 g/mol. The van der Waals surface area contributed by atoms with Crippen LogP contribution in [0.4, 0.5) is 13.2 Å². The number of halogens is 3. The topological polar surface area (TPSA) is 41.9 Å². The molecule has 0 atom stereocenters. The standard InChI is InChI=1S/C18H15F3N4S/c19-18(20,21)17-22-8-13-9-25(6-4-16(13)24-17)10-14-2-1-3-15(23-14)12-5-7-26-11-12/h1-3,5,7-8,11H,4,6,9-10H2. The van der Waals surface area contributed by atoms with E-state index in [1.165, 1.54) is 6.20 Å². The van der Waals surface area contributed by atoms with Crippen molar-refractivity contribution in [1.29, 1.82) is 0 Å². The number of rotatable bonds is 3. The Kier molecular flexibility index (Phi) is 4.46. The molecule has 0 saturated carbocycles. The van der Waals surface area contributed by atoms with Gasteiger partial charge in [-0.05, 0) is 23.6 Å². The van der Waals surface area contributed by atoms with Crippen molar-refractivity contribution in [2.24, 2.45) is 0 Å². The van der Waals surface area contributed by atoms with Crippen LogP contribution in [-0.2, 0) is 25.7 Å². The minimum absolute atomic E-state index is 0.477. The number of pyridine rings is 1. The van der Waals surface area contributed by atoms with Crippen LogP contribution in [0.1, 0.15) is 22.8 Å². The molecule has 0 fully saturated rings. The number of fused-ring (bicyclic) bond motifs is 1. The average molecular weight is 376 g/mol. The SMILES string of the molecule is FC(F)(F)c1ncc2c(n1)CCN(Cc1cccc(-c3ccsc3)n1)C2. The zero-order valence-electron chi connectivity index (χ0n) is 13.7. The number of nitrogens with zero attached hydrogens (tertiary/aromatic N) is 4. The molecule has 0 spiro atoms. The van der Waals surface area contributed by atoms with E-state index in [0.717, 1.165) is 22.5 Å². The van der Waals surface area contributed by atoms with Crippen LogP contribution in [0, 0.1) is 0 Å². The van der Waals surface area contributed by atoms with Gasteiger partial charge in [0.1, 0.15) is 0 Å². The summed E-state index contributed by atoms with van der Waals surface area (Å²) in [5.74, 6) is -1.06. The van der Waals surface area contributed by atoms with Crippen molar-refractivity contribution in [3.63, 3.8) is 0 Å². The molecule has 3 aromatic rings. The highest BCUT2D eigenvalue weighted by molar-refractivity contribution is 7.08. The summed E-state index contributed by atoms with van der Waals surface area (Å²) >= 11 is 1.63. The maximum absolute atomic E-state index is 12.7. The van der Waals surface area contributed by atoms with Crippen LogP contribution in [0.2, 0.25) is 0 Å². The number of thiophene rings is 1. The number of aromatic nitrogens is 3. The lowest BCUT2D eigenvalue weighted by Crippen LogP contribution is -2.32. The largest absolute Gasteiger partial charge is 0.451 e. The van der Waals surface area contributed by atoms with Crippen molar-refractivity contribution < 1.29 is 13.2 Å². The molecule has 0 saturated heterocycles. The highest BCUT2D eigenvalue weighted by Crippen LogP contribution is 2.28. The lowest BCUT2D eigenvalue weighted by atomic mass is 10.1. The van der Waals surface area contributed by atoms with Crippen molar-refractivity contribution in [2.75, 3.05) is 6.54 Å². The van der Waals surface area contributed by atoms with Gasteiger partial charge in [-0.3, -0.25) is 9.88 Å². The van der Waals surface area contributed by atoms with Crippen molar-refractivity contribution in [3.8, 4) is 11.3 Å². The number of alkyl halides is 3. The third-order valence-electron chi connectivity index (χ3n) is 4.28. The second-order valence-corrected chi connectivity index (χ2v) is 6.93. The molecule has 0 aliphatic carbocycles. The van der Waals surface area contributed by atoms with Gasteiger partial charge in [0.2, 0.25) is 5.82 Å². The normalized spacial score (nSPS) is 15.0. The van der Waals surface area contributed by atoms with Crippen LogP contribution in [0.15, 0.2) is 41.2 Å². The van der Waals surface area contributed by atoms with E-state index in [2.05, 4.69) is 20.2 Å². The smallest absolute Gasteiger partial charge is 0.293 e. The summed E-state index contributed by atoms with van der Waals surface area (Å²) < 4.78 is 38.2. The molecule has 1 aliphatic heterocycles. The van der Waals surface area contributed by atoms with Gasteiger partial charge in [0.15, 0.2) is 0 Å². The summed E-state index contributed by atoms with van der Waals surface area (Å²) in [6, 6.07) is 7.95. The zero-order chi connectivity index (χ0) is 18.1. The Labute approximate surface area is 152 Å². The van der Waals surface area contributed by atoms with Crippen LogP contribution in [0.3, 0.4) is 0 Å². The summed E-state index contributed by atoms with van der Waals surface area (Å²) in [5, 5.41) is 4.07. The van der Waals surface area contributed by atoms with E-state index >= 15 is 0 Å². The molecule has 4 heterocycles. The van der Waals surface area contributed by atoms with Gasteiger partial charge in [0.25, 0.3) is 0 Å².